The second-order valence-corrected chi connectivity index (χ2v) is 7.60. The van der Waals surface area contributed by atoms with Gasteiger partial charge in [-0.25, -0.2) is 0 Å². The largest absolute Gasteiger partial charge is 2.00 e. The van der Waals surface area contributed by atoms with Crippen LogP contribution in [0.4, 0.5) is 0 Å². The topological polar surface area (TPSA) is 44.8 Å². The molecule has 0 unspecified atom stereocenters. The molecule has 0 heterocycles. The molecule has 0 saturated carbocycles. The van der Waals surface area contributed by atoms with Gasteiger partial charge in [0.15, 0.2) is 0 Å². The first-order valence-electron chi connectivity index (χ1n) is 8.31. The van der Waals surface area contributed by atoms with E-state index in [1.807, 2.05) is 57.2 Å². The fourth-order valence-electron chi connectivity index (χ4n) is 2.24. The van der Waals surface area contributed by atoms with Crippen LogP contribution in [0, 0.1) is 20.8 Å². The van der Waals surface area contributed by atoms with Crippen molar-refractivity contribution in [3.05, 3.63) is 89.5 Å². The van der Waals surface area contributed by atoms with E-state index in [2.05, 4.69) is 0 Å². The molecule has 0 N–H and O–H groups in total. The maximum Gasteiger partial charge on any atom is 2.00 e. The molecule has 0 amide bonds. The summed E-state index contributed by atoms with van der Waals surface area (Å²) in [7, 11) is -3.93. The van der Waals surface area contributed by atoms with Crippen molar-refractivity contribution < 1.29 is 21.0 Å². The molecule has 27 heavy (non-hydrogen) atoms. The molecule has 138 valence electrons. The van der Waals surface area contributed by atoms with Gasteiger partial charge < -0.3 is 16.4 Å². The number of rotatable bonds is 6. The third-order valence-electron chi connectivity index (χ3n) is 3.71. The summed E-state index contributed by atoms with van der Waals surface area (Å²) in [6, 6.07) is 21.6. The van der Waals surface area contributed by atoms with Gasteiger partial charge in [-0.05, 0) is 57.2 Å². The van der Waals surface area contributed by atoms with Crippen LogP contribution in [0.15, 0.2) is 72.8 Å². The number of hydrogen-bond donors (Lipinski definition) is 0. The first-order valence-corrected chi connectivity index (χ1v) is 9.77. The summed E-state index contributed by atoms with van der Waals surface area (Å²) in [6.07, 6.45) is 0. The Morgan fingerprint density at radius 1 is 0.556 bits per heavy atom. The summed E-state index contributed by atoms with van der Waals surface area (Å²) >= 11 is 0. The fourth-order valence-corrected chi connectivity index (χ4v) is 3.49. The first kappa shape index (κ1) is 21.8. The van der Waals surface area contributed by atoms with Crippen LogP contribution in [0.1, 0.15) is 19.5 Å². The predicted octanol–water partition coefficient (Wildman–Crippen LogP) is 6.10. The van der Waals surface area contributed by atoms with Crippen LogP contribution in [-0.4, -0.2) is 37.7 Å². The minimum absolute atomic E-state index is 0. The predicted molar refractivity (Wildman–Crippen MR) is 111 cm³/mol. The van der Waals surface area contributed by atoms with Crippen molar-refractivity contribution in [2.24, 2.45) is 0 Å². The Labute approximate surface area is 193 Å². The molecule has 0 radical (unpaired) electrons. The summed E-state index contributed by atoms with van der Waals surface area (Å²) in [5.41, 5.74) is 3.23. The third kappa shape index (κ3) is 6.58. The molecule has 3 rings (SSSR count). The zero-order valence-electron chi connectivity index (χ0n) is 17.7. The maximum absolute atomic E-state index is 13.3. The van der Waals surface area contributed by atoms with Crippen LogP contribution in [0.2, 0.25) is 0 Å². The van der Waals surface area contributed by atoms with Crippen LogP contribution >= 0.6 is 7.82 Å². The molecule has 0 fully saturated rings. The molecule has 0 atom stereocenters. The molecular formula is C21H23CaO4P. The van der Waals surface area contributed by atoms with Crippen molar-refractivity contribution in [2.45, 2.75) is 20.8 Å². The van der Waals surface area contributed by atoms with E-state index >= 15 is 0 Å². The van der Waals surface area contributed by atoms with Crippen LogP contribution < -0.4 is 13.6 Å². The van der Waals surface area contributed by atoms with E-state index in [0.29, 0.717) is 17.2 Å². The van der Waals surface area contributed by atoms with Gasteiger partial charge in [0.25, 0.3) is 0 Å². The zero-order chi connectivity index (χ0) is 18.6. The van der Waals surface area contributed by atoms with Gasteiger partial charge in [-0.1, -0.05) is 53.1 Å². The van der Waals surface area contributed by atoms with Gasteiger partial charge in [-0.2, -0.15) is 4.57 Å². The molecule has 0 aliphatic carbocycles. The van der Waals surface area contributed by atoms with E-state index < -0.39 is 7.82 Å². The SMILES string of the molecule is Cc1ccc(OP(=O)(Oc2ccc(C)cc2)Oc2ccc(C)cc2)cc1.[Ca+2].[H-].[H-]. The third-order valence-corrected chi connectivity index (χ3v) is 5.02. The van der Waals surface area contributed by atoms with E-state index in [1.165, 1.54) is 0 Å². The molecule has 0 aliphatic rings. The summed E-state index contributed by atoms with van der Waals surface area (Å²) < 4.78 is 30.2. The number of benzene rings is 3. The van der Waals surface area contributed by atoms with E-state index in [1.54, 1.807) is 36.4 Å². The van der Waals surface area contributed by atoms with Gasteiger partial charge in [-0.15, -0.1) is 0 Å². The Morgan fingerprint density at radius 2 is 0.778 bits per heavy atom. The molecule has 0 saturated heterocycles. The summed E-state index contributed by atoms with van der Waals surface area (Å²) in [5, 5.41) is 0. The first-order chi connectivity index (χ1) is 12.4. The molecule has 3 aromatic rings. The number of phosphoric acid groups is 1. The van der Waals surface area contributed by atoms with Crippen molar-refractivity contribution in [1.82, 2.24) is 0 Å². The average Bonchev–Trinajstić information content (AvgIpc) is 2.61. The molecule has 0 aliphatic heterocycles. The van der Waals surface area contributed by atoms with E-state index in [9.17, 15) is 4.57 Å². The molecule has 4 nitrogen and oxygen atoms in total. The van der Waals surface area contributed by atoms with Gasteiger partial charge in [0.2, 0.25) is 0 Å². The minimum atomic E-state index is -3.93. The normalized spacial score (nSPS) is 10.6. The molecule has 0 aromatic heterocycles. The van der Waals surface area contributed by atoms with Crippen LogP contribution in [0.5, 0.6) is 17.2 Å². The number of phosphoric ester groups is 1. The second-order valence-electron chi connectivity index (χ2n) is 6.16. The van der Waals surface area contributed by atoms with Gasteiger partial charge in [-0.3, -0.25) is 0 Å². The Kier molecular flexibility index (Phi) is 7.81. The van der Waals surface area contributed by atoms with Gasteiger partial charge >= 0.3 is 45.6 Å². The van der Waals surface area contributed by atoms with Gasteiger partial charge in [0.1, 0.15) is 17.2 Å². The maximum atomic E-state index is 13.3. The van der Waals surface area contributed by atoms with E-state index in [-0.39, 0.29) is 40.6 Å². The fraction of sp³-hybridized carbons (Fsp3) is 0.143. The van der Waals surface area contributed by atoms with Crippen LogP contribution in [0.3, 0.4) is 0 Å². The smallest absolute Gasteiger partial charge is 1.00 e. The molecule has 3 aromatic carbocycles. The average molecular weight is 410 g/mol. The second kappa shape index (κ2) is 9.66. The van der Waals surface area contributed by atoms with Crippen LogP contribution in [-0.2, 0) is 4.57 Å². The zero-order valence-corrected chi connectivity index (χ0v) is 18.8. The van der Waals surface area contributed by atoms with Crippen molar-refractivity contribution in [2.75, 3.05) is 0 Å². The molecular weight excluding hydrogens is 387 g/mol. The van der Waals surface area contributed by atoms with Crippen LogP contribution in [0.25, 0.3) is 0 Å². The quantitative estimate of drug-likeness (QED) is 0.364. The summed E-state index contributed by atoms with van der Waals surface area (Å²) in [6.45, 7) is 5.90. The summed E-state index contributed by atoms with van der Waals surface area (Å²) in [4.78, 5) is 0. The van der Waals surface area contributed by atoms with E-state index in [0.717, 1.165) is 16.7 Å². The Morgan fingerprint density at radius 3 is 1.00 bits per heavy atom. The Hall–Kier alpha value is -1.45. The van der Waals surface area contributed by atoms with Crippen molar-refractivity contribution in [3.8, 4) is 17.2 Å². The Bertz CT molecular complexity index is 794. The van der Waals surface area contributed by atoms with Crippen molar-refractivity contribution in [1.29, 1.82) is 0 Å². The van der Waals surface area contributed by atoms with Gasteiger partial charge in [0, 0.05) is 0 Å². The summed E-state index contributed by atoms with van der Waals surface area (Å²) in [5.74, 6) is 1.24. The van der Waals surface area contributed by atoms with Crippen molar-refractivity contribution >= 4 is 45.6 Å². The monoisotopic (exact) mass is 410 g/mol. The standard InChI is InChI=1S/C21H21O4P.Ca.2H/c1-16-4-10-19(11-5-16)23-26(22,24-20-12-6-17(2)7-13-20)25-21-14-8-18(3)9-15-21;;;/h4-15H,1-3H3;;;/q;+2;2*-1. The van der Waals surface area contributed by atoms with E-state index in [4.69, 9.17) is 13.6 Å². The van der Waals surface area contributed by atoms with Crippen molar-refractivity contribution in [3.63, 3.8) is 0 Å². The molecule has 0 bridgehead atoms. The molecule has 0 spiro atoms. The number of hydrogen-bond acceptors (Lipinski definition) is 4. The Balaban J connectivity index is 0.00000261. The number of aryl methyl sites for hydroxylation is 3. The molecule has 6 heteroatoms. The minimum Gasteiger partial charge on any atom is -1.00 e. The van der Waals surface area contributed by atoms with Gasteiger partial charge in [0.05, 0.1) is 0 Å².